The van der Waals surface area contributed by atoms with Gasteiger partial charge in [-0.05, 0) is 49.9 Å². The number of aromatic nitrogens is 4. The van der Waals surface area contributed by atoms with E-state index in [1.54, 1.807) is 42.6 Å². The molecular weight excluding hydrogens is 424 g/mol. The number of nitrogens with one attached hydrogen (secondary N) is 1. The van der Waals surface area contributed by atoms with Gasteiger partial charge in [0.25, 0.3) is 10.0 Å². The second kappa shape index (κ2) is 8.33. The van der Waals surface area contributed by atoms with E-state index in [-0.39, 0.29) is 10.9 Å². The van der Waals surface area contributed by atoms with Gasteiger partial charge < -0.3 is 11.1 Å². The van der Waals surface area contributed by atoms with Crippen LogP contribution >= 0.6 is 0 Å². The Labute approximate surface area is 186 Å². The Bertz CT molecular complexity index is 1350. The Kier molecular flexibility index (Phi) is 5.36. The summed E-state index contributed by atoms with van der Waals surface area (Å²) >= 11 is 0. The maximum Gasteiger partial charge on any atom is 0.269 e. The molecule has 0 saturated heterocycles. The lowest BCUT2D eigenvalue weighted by Crippen LogP contribution is -2.35. The van der Waals surface area contributed by atoms with Crippen molar-refractivity contribution in [2.45, 2.75) is 42.7 Å². The van der Waals surface area contributed by atoms with Crippen LogP contribution in [0.3, 0.4) is 0 Å². The van der Waals surface area contributed by atoms with E-state index in [4.69, 9.17) is 5.73 Å². The van der Waals surface area contributed by atoms with Crippen molar-refractivity contribution in [1.29, 1.82) is 0 Å². The van der Waals surface area contributed by atoms with Crippen molar-refractivity contribution in [2.24, 2.45) is 5.73 Å². The van der Waals surface area contributed by atoms with Crippen LogP contribution in [-0.2, 0) is 10.0 Å². The molecule has 3 heterocycles. The van der Waals surface area contributed by atoms with Crippen molar-refractivity contribution >= 4 is 26.9 Å². The minimum Gasteiger partial charge on any atom is -0.367 e. The van der Waals surface area contributed by atoms with Gasteiger partial charge in [0.15, 0.2) is 5.65 Å². The smallest absolute Gasteiger partial charge is 0.269 e. The van der Waals surface area contributed by atoms with Gasteiger partial charge in [-0.25, -0.2) is 27.3 Å². The largest absolute Gasteiger partial charge is 0.367 e. The molecule has 0 radical (unpaired) electrons. The molecule has 0 spiro atoms. The second-order valence-electron chi connectivity index (χ2n) is 8.12. The minimum atomic E-state index is -3.72. The van der Waals surface area contributed by atoms with E-state index < -0.39 is 10.0 Å². The molecule has 1 saturated carbocycles. The number of rotatable bonds is 5. The summed E-state index contributed by atoms with van der Waals surface area (Å²) in [5, 5.41) is 4.18. The van der Waals surface area contributed by atoms with Crippen LogP contribution < -0.4 is 11.1 Å². The van der Waals surface area contributed by atoms with Gasteiger partial charge in [-0.1, -0.05) is 18.2 Å². The number of benzene rings is 1. The van der Waals surface area contributed by atoms with Crippen LogP contribution in [0.2, 0.25) is 0 Å². The number of anilines is 1. The molecule has 8 nitrogen and oxygen atoms in total. The highest BCUT2D eigenvalue weighted by Gasteiger charge is 2.21. The lowest BCUT2D eigenvalue weighted by Gasteiger charge is -2.27. The predicted octanol–water partition coefficient (Wildman–Crippen LogP) is 3.41. The van der Waals surface area contributed by atoms with E-state index in [1.165, 1.54) is 16.5 Å². The summed E-state index contributed by atoms with van der Waals surface area (Å²) in [6.45, 7) is 0. The topological polar surface area (TPSA) is 116 Å². The average molecular weight is 449 g/mol. The van der Waals surface area contributed by atoms with Gasteiger partial charge in [-0.2, -0.15) is 0 Å². The zero-order chi connectivity index (χ0) is 22.1. The lowest BCUT2D eigenvalue weighted by molar-refractivity contribution is 0.409. The Morgan fingerprint density at radius 3 is 2.69 bits per heavy atom. The van der Waals surface area contributed by atoms with E-state index in [2.05, 4.69) is 20.3 Å². The van der Waals surface area contributed by atoms with E-state index in [1.807, 2.05) is 12.1 Å². The molecule has 2 atom stereocenters. The molecule has 164 valence electrons. The minimum absolute atomic E-state index is 0.220. The number of pyridine rings is 1. The first kappa shape index (κ1) is 20.6. The van der Waals surface area contributed by atoms with Crippen molar-refractivity contribution in [3.05, 3.63) is 67.3 Å². The molecule has 3 N–H and O–H groups in total. The van der Waals surface area contributed by atoms with Gasteiger partial charge in [0, 0.05) is 41.5 Å². The summed E-state index contributed by atoms with van der Waals surface area (Å²) in [7, 11) is -3.72. The van der Waals surface area contributed by atoms with Crippen molar-refractivity contribution in [1.82, 2.24) is 18.9 Å². The van der Waals surface area contributed by atoms with Crippen molar-refractivity contribution in [3.8, 4) is 11.3 Å². The van der Waals surface area contributed by atoms with Crippen molar-refractivity contribution < 1.29 is 8.42 Å². The number of nitrogens with two attached hydrogens (primary N) is 1. The van der Waals surface area contributed by atoms with E-state index >= 15 is 0 Å². The molecule has 2 unspecified atom stereocenters. The van der Waals surface area contributed by atoms with Gasteiger partial charge in [0.2, 0.25) is 0 Å². The first-order valence-electron chi connectivity index (χ1n) is 10.6. The zero-order valence-electron chi connectivity index (χ0n) is 17.4. The predicted molar refractivity (Wildman–Crippen MR) is 124 cm³/mol. The van der Waals surface area contributed by atoms with Crippen LogP contribution in [0.4, 0.5) is 5.82 Å². The van der Waals surface area contributed by atoms with Crippen LogP contribution in [0.5, 0.6) is 0 Å². The normalized spacial score (nSPS) is 19.2. The van der Waals surface area contributed by atoms with Gasteiger partial charge in [-0.3, -0.25) is 0 Å². The maximum absolute atomic E-state index is 13.0. The van der Waals surface area contributed by atoms with Gasteiger partial charge in [0.1, 0.15) is 12.1 Å². The monoisotopic (exact) mass is 448 g/mol. The molecule has 0 amide bonds. The highest BCUT2D eigenvalue weighted by Crippen LogP contribution is 2.26. The summed E-state index contributed by atoms with van der Waals surface area (Å²) < 4.78 is 27.2. The molecule has 1 aliphatic rings. The summed E-state index contributed by atoms with van der Waals surface area (Å²) in [4.78, 5) is 13.4. The molecule has 3 aromatic heterocycles. The third kappa shape index (κ3) is 3.96. The molecule has 4 aromatic rings. The summed E-state index contributed by atoms with van der Waals surface area (Å²) in [6, 6.07) is 14.4. The fraction of sp³-hybridized carbons (Fsp3) is 0.261. The zero-order valence-corrected chi connectivity index (χ0v) is 18.2. The summed E-state index contributed by atoms with van der Waals surface area (Å²) in [6.07, 6.45) is 8.87. The summed E-state index contributed by atoms with van der Waals surface area (Å²) in [5.41, 5.74) is 7.98. The van der Waals surface area contributed by atoms with Gasteiger partial charge in [0.05, 0.1) is 10.6 Å². The number of nitrogens with zero attached hydrogens (tertiary/aromatic N) is 4. The van der Waals surface area contributed by atoms with Crippen LogP contribution in [0.15, 0.2) is 72.1 Å². The Hall–Kier alpha value is -3.30. The molecule has 1 aromatic carbocycles. The molecule has 1 fully saturated rings. The molecular formula is C23H24N6O2S. The molecule has 5 rings (SSSR count). The fourth-order valence-corrected chi connectivity index (χ4v) is 5.53. The maximum atomic E-state index is 13.0. The van der Waals surface area contributed by atoms with E-state index in [9.17, 15) is 8.42 Å². The Balaban J connectivity index is 1.44. The third-order valence-electron chi connectivity index (χ3n) is 5.82. The number of hydrogen-bond donors (Lipinski definition) is 2. The fourth-order valence-electron chi connectivity index (χ4n) is 4.20. The summed E-state index contributed by atoms with van der Waals surface area (Å²) in [5.74, 6) is 0.749. The third-order valence-corrected chi connectivity index (χ3v) is 7.50. The first-order valence-corrected chi connectivity index (χ1v) is 12.1. The molecule has 9 heteroatoms. The van der Waals surface area contributed by atoms with Crippen LogP contribution in [0.1, 0.15) is 25.7 Å². The average Bonchev–Trinajstić information content (AvgIpc) is 3.24. The first-order chi connectivity index (χ1) is 15.5. The highest BCUT2D eigenvalue weighted by molar-refractivity contribution is 7.90. The number of fused-ring (bicyclic) bond motifs is 1. The second-order valence-corrected chi connectivity index (χ2v) is 9.94. The lowest BCUT2D eigenvalue weighted by atomic mass is 9.91. The Morgan fingerprint density at radius 2 is 1.88 bits per heavy atom. The highest BCUT2D eigenvalue weighted by atomic mass is 32.2. The molecule has 0 bridgehead atoms. The van der Waals surface area contributed by atoms with Crippen molar-refractivity contribution in [3.63, 3.8) is 0 Å². The van der Waals surface area contributed by atoms with Gasteiger partial charge in [-0.15, -0.1) is 0 Å². The van der Waals surface area contributed by atoms with Crippen LogP contribution in [-0.4, -0.2) is 39.4 Å². The van der Waals surface area contributed by atoms with Crippen molar-refractivity contribution in [2.75, 3.05) is 5.32 Å². The Morgan fingerprint density at radius 1 is 1.03 bits per heavy atom. The molecule has 1 aliphatic carbocycles. The van der Waals surface area contributed by atoms with Crippen LogP contribution in [0, 0.1) is 0 Å². The quantitative estimate of drug-likeness (QED) is 0.481. The SMILES string of the molecule is NC1CCCC(Nc2cc(-c3cnc4c(ccn4S(=O)(=O)c4ccccc4)c3)ncn2)C1. The molecule has 32 heavy (non-hydrogen) atoms. The standard InChI is InChI=1S/C23H24N6O2S/c24-18-5-4-6-19(12-18)28-22-13-21(26-15-27-22)17-11-16-9-10-29(23(16)25-14-17)32(30,31)20-7-2-1-3-8-20/h1-3,7-11,13-15,18-19H,4-6,12,24H2,(H,26,27,28). The number of hydrogen-bond acceptors (Lipinski definition) is 7. The van der Waals surface area contributed by atoms with E-state index in [0.717, 1.165) is 42.8 Å². The van der Waals surface area contributed by atoms with E-state index in [0.29, 0.717) is 17.1 Å². The van der Waals surface area contributed by atoms with Crippen LogP contribution in [0.25, 0.3) is 22.3 Å². The molecule has 0 aliphatic heterocycles. The van der Waals surface area contributed by atoms with Gasteiger partial charge >= 0.3 is 0 Å².